The van der Waals surface area contributed by atoms with Gasteiger partial charge in [0.05, 0.1) is 17.1 Å². The molecule has 7 heteroatoms. The molecule has 0 aromatic carbocycles. The smallest absolute Gasteiger partial charge is 0.287 e. The molecule has 0 amide bonds. The summed E-state index contributed by atoms with van der Waals surface area (Å²) in [5.41, 5.74) is -0.493. The van der Waals surface area contributed by atoms with Gasteiger partial charge in [-0.15, -0.1) is 0 Å². The van der Waals surface area contributed by atoms with Gasteiger partial charge in [0.25, 0.3) is 5.56 Å². The van der Waals surface area contributed by atoms with Crippen LogP contribution in [0.4, 0.5) is 0 Å². The molecule has 0 aliphatic rings. The van der Waals surface area contributed by atoms with Crippen LogP contribution in [0.15, 0.2) is 11.0 Å². The summed E-state index contributed by atoms with van der Waals surface area (Å²) in [5.74, 6) is 0.144. The van der Waals surface area contributed by atoms with E-state index in [2.05, 4.69) is 5.10 Å². The van der Waals surface area contributed by atoms with Crippen molar-refractivity contribution >= 4 is 40.1 Å². The summed E-state index contributed by atoms with van der Waals surface area (Å²) in [6, 6.07) is 0. The van der Waals surface area contributed by atoms with Gasteiger partial charge in [-0.25, -0.2) is 4.68 Å². The fourth-order valence-corrected chi connectivity index (χ4v) is 1.45. The number of aromatic nitrogens is 2. The third kappa shape index (κ3) is 2.73. The quantitative estimate of drug-likeness (QED) is 0.806. The normalized spacial score (nSPS) is 10.2. The van der Waals surface area contributed by atoms with E-state index < -0.39 is 5.56 Å². The summed E-state index contributed by atoms with van der Waals surface area (Å²) in [7, 11) is 0. The van der Waals surface area contributed by atoms with Gasteiger partial charge in [-0.1, -0.05) is 35.0 Å². The zero-order valence-corrected chi connectivity index (χ0v) is 9.49. The van der Waals surface area contributed by atoms with Crippen molar-refractivity contribution in [2.45, 2.75) is 12.8 Å². The number of carbonyl (C=O) groups excluding carboxylic acids is 1. The van der Waals surface area contributed by atoms with Crippen LogP contribution in [0.25, 0.3) is 0 Å². The van der Waals surface area contributed by atoms with Crippen molar-refractivity contribution < 1.29 is 4.79 Å². The molecule has 1 aromatic heterocycles. The molecular formula is C7H6Cl2N2O2S. The van der Waals surface area contributed by atoms with Crippen molar-refractivity contribution in [1.29, 1.82) is 0 Å². The van der Waals surface area contributed by atoms with Gasteiger partial charge < -0.3 is 0 Å². The summed E-state index contributed by atoms with van der Waals surface area (Å²) in [6.07, 6.45) is 1.27. The molecule has 0 aliphatic carbocycles. The third-order valence-corrected chi connectivity index (χ3v) is 2.86. The largest absolute Gasteiger partial charge is 0.287 e. The summed E-state index contributed by atoms with van der Waals surface area (Å²) >= 11 is 12.1. The standard InChI is InChI=1S/C7H6Cl2N2O2S/c1-4(12)14-3-11-7(13)6(9)5(8)2-10-11/h2H,3H2,1H3. The highest BCUT2D eigenvalue weighted by molar-refractivity contribution is 8.12. The van der Waals surface area contributed by atoms with E-state index in [9.17, 15) is 9.59 Å². The number of halogens is 2. The Bertz CT molecular complexity index is 419. The fraction of sp³-hybridized carbons (Fsp3) is 0.286. The van der Waals surface area contributed by atoms with Gasteiger partial charge in [-0.3, -0.25) is 9.59 Å². The zero-order chi connectivity index (χ0) is 10.7. The highest BCUT2D eigenvalue weighted by Crippen LogP contribution is 2.15. The lowest BCUT2D eigenvalue weighted by Crippen LogP contribution is -2.22. The van der Waals surface area contributed by atoms with Crippen LogP contribution in [-0.4, -0.2) is 14.9 Å². The monoisotopic (exact) mass is 252 g/mol. The van der Waals surface area contributed by atoms with E-state index in [-0.39, 0.29) is 21.0 Å². The Morgan fingerprint density at radius 3 is 2.86 bits per heavy atom. The minimum atomic E-state index is -0.493. The predicted octanol–water partition coefficient (Wildman–Crippen LogP) is 1.79. The molecule has 0 fully saturated rings. The van der Waals surface area contributed by atoms with Crippen molar-refractivity contribution in [3.8, 4) is 0 Å². The van der Waals surface area contributed by atoms with Crippen LogP contribution in [-0.2, 0) is 10.7 Å². The number of rotatable bonds is 2. The van der Waals surface area contributed by atoms with E-state index >= 15 is 0 Å². The Kier molecular flexibility index (Phi) is 3.97. The maximum Gasteiger partial charge on any atom is 0.287 e. The maximum absolute atomic E-state index is 11.4. The Morgan fingerprint density at radius 2 is 2.29 bits per heavy atom. The van der Waals surface area contributed by atoms with E-state index in [1.807, 2.05) is 0 Å². The molecule has 76 valence electrons. The van der Waals surface area contributed by atoms with Crippen LogP contribution in [0.3, 0.4) is 0 Å². The third-order valence-electron chi connectivity index (χ3n) is 1.33. The molecule has 0 atom stereocenters. The summed E-state index contributed by atoms with van der Waals surface area (Å²) in [6.45, 7) is 1.41. The van der Waals surface area contributed by atoms with Gasteiger partial charge in [0.2, 0.25) is 0 Å². The molecule has 0 radical (unpaired) electrons. The van der Waals surface area contributed by atoms with Crippen LogP contribution in [0, 0.1) is 0 Å². The van der Waals surface area contributed by atoms with Gasteiger partial charge in [-0.05, 0) is 0 Å². The molecule has 0 saturated heterocycles. The molecule has 0 N–H and O–H groups in total. The van der Waals surface area contributed by atoms with E-state index in [0.717, 1.165) is 16.4 Å². The van der Waals surface area contributed by atoms with Crippen molar-refractivity contribution in [2.75, 3.05) is 0 Å². The second-order valence-electron chi connectivity index (χ2n) is 2.38. The number of hydrogen-bond donors (Lipinski definition) is 0. The van der Waals surface area contributed by atoms with E-state index in [1.165, 1.54) is 13.1 Å². The lowest BCUT2D eigenvalue weighted by Gasteiger charge is -2.02. The molecule has 0 aliphatic heterocycles. The molecule has 0 saturated carbocycles. The molecule has 0 unspecified atom stereocenters. The highest BCUT2D eigenvalue weighted by atomic mass is 35.5. The first-order valence-electron chi connectivity index (χ1n) is 3.57. The van der Waals surface area contributed by atoms with Crippen LogP contribution < -0.4 is 5.56 Å². The SMILES string of the molecule is CC(=O)SCn1ncc(Cl)c(Cl)c1=O. The summed E-state index contributed by atoms with van der Waals surface area (Å²) in [4.78, 5) is 22.0. The van der Waals surface area contributed by atoms with Crippen LogP contribution in [0.1, 0.15) is 6.92 Å². The Morgan fingerprint density at radius 1 is 1.64 bits per heavy atom. The minimum absolute atomic E-state index is 0.0779. The second kappa shape index (κ2) is 4.82. The zero-order valence-electron chi connectivity index (χ0n) is 7.16. The van der Waals surface area contributed by atoms with Gasteiger partial charge in [0.1, 0.15) is 5.02 Å². The van der Waals surface area contributed by atoms with Crippen molar-refractivity contribution in [2.24, 2.45) is 0 Å². The van der Waals surface area contributed by atoms with E-state index in [0.29, 0.717) is 0 Å². The molecule has 1 heterocycles. The number of thioether (sulfide) groups is 1. The van der Waals surface area contributed by atoms with Crippen molar-refractivity contribution in [3.05, 3.63) is 26.6 Å². The summed E-state index contributed by atoms with van der Waals surface area (Å²) in [5, 5.41) is 3.67. The van der Waals surface area contributed by atoms with Gasteiger partial charge >= 0.3 is 0 Å². The molecule has 1 rings (SSSR count). The maximum atomic E-state index is 11.4. The molecule has 0 spiro atoms. The summed E-state index contributed by atoms with van der Waals surface area (Å²) < 4.78 is 1.08. The number of hydrogen-bond acceptors (Lipinski definition) is 4. The number of carbonyl (C=O) groups is 1. The molecule has 4 nitrogen and oxygen atoms in total. The molecule has 1 aromatic rings. The van der Waals surface area contributed by atoms with Crippen molar-refractivity contribution in [1.82, 2.24) is 9.78 Å². The van der Waals surface area contributed by atoms with Gasteiger partial charge in [0.15, 0.2) is 5.12 Å². The Balaban J connectivity index is 2.95. The van der Waals surface area contributed by atoms with E-state index in [1.54, 1.807) is 0 Å². The highest BCUT2D eigenvalue weighted by Gasteiger charge is 2.07. The Labute approximate surface area is 94.2 Å². The number of nitrogens with zero attached hydrogens (tertiary/aromatic N) is 2. The lowest BCUT2D eigenvalue weighted by atomic mass is 10.6. The van der Waals surface area contributed by atoms with Gasteiger partial charge in [-0.2, -0.15) is 5.10 Å². The first-order valence-corrected chi connectivity index (χ1v) is 5.31. The first-order chi connectivity index (χ1) is 6.52. The Hall–Kier alpha value is -0.520. The topological polar surface area (TPSA) is 52.0 Å². The van der Waals surface area contributed by atoms with Crippen LogP contribution >= 0.6 is 35.0 Å². The first kappa shape index (κ1) is 11.6. The fourth-order valence-electron chi connectivity index (χ4n) is 0.689. The lowest BCUT2D eigenvalue weighted by molar-refractivity contribution is -0.109. The molecule has 0 bridgehead atoms. The predicted molar refractivity (Wildman–Crippen MR) is 56.8 cm³/mol. The van der Waals surface area contributed by atoms with E-state index in [4.69, 9.17) is 23.2 Å². The van der Waals surface area contributed by atoms with Gasteiger partial charge in [0, 0.05) is 6.92 Å². The average Bonchev–Trinajstić information content (AvgIpc) is 2.13. The van der Waals surface area contributed by atoms with Crippen LogP contribution in [0.2, 0.25) is 10.0 Å². The average molecular weight is 253 g/mol. The molecular weight excluding hydrogens is 247 g/mol. The van der Waals surface area contributed by atoms with Crippen LogP contribution in [0.5, 0.6) is 0 Å². The van der Waals surface area contributed by atoms with Crippen molar-refractivity contribution in [3.63, 3.8) is 0 Å². The molecule has 14 heavy (non-hydrogen) atoms. The second-order valence-corrected chi connectivity index (χ2v) is 4.28. The minimum Gasteiger partial charge on any atom is -0.287 e.